The van der Waals surface area contributed by atoms with Gasteiger partial charge >= 0.3 is 0 Å². The van der Waals surface area contributed by atoms with E-state index in [2.05, 4.69) is 64.7 Å². The first-order chi connectivity index (χ1) is 49.7. The fourth-order valence-electron chi connectivity index (χ4n) is 13.9. The number of carbonyl (C=O) groups is 2. The maximum Gasteiger partial charge on any atom is 0.282 e. The number of fused-ring (bicyclic) bond motifs is 8. The molecule has 14 rings (SSSR count). The van der Waals surface area contributed by atoms with Crippen LogP contribution in [0.1, 0.15) is 117 Å². The smallest absolute Gasteiger partial charge is 0.282 e. The molecule has 546 valence electrons. The summed E-state index contributed by atoms with van der Waals surface area (Å²) in [6.07, 6.45) is 6.09. The van der Waals surface area contributed by atoms with Crippen LogP contribution in [0.5, 0.6) is 0 Å². The Morgan fingerprint density at radius 3 is 1.35 bits per heavy atom. The van der Waals surface area contributed by atoms with Gasteiger partial charge in [-0.2, -0.15) is 19.6 Å². The first-order valence-electron chi connectivity index (χ1n) is 35.5. The quantitative estimate of drug-likeness (QED) is 0.108. The molecule has 0 saturated carbocycles. The molecule has 10 aromatic rings. The minimum absolute atomic E-state index is 0.0206. The van der Waals surface area contributed by atoms with Gasteiger partial charge in [-0.25, -0.2) is 18.7 Å². The van der Waals surface area contributed by atoms with Crippen LogP contribution < -0.4 is 32.9 Å². The van der Waals surface area contributed by atoms with Crippen LogP contribution in [0.4, 0.5) is 31.8 Å². The standard InChI is InChI=1S/C43H51FN6O5Si.C37H37FN6O5/c1-42(2,3)28-19-27-25-46-50(41(53)38(27)33(44)20-28)35-12-10-11-30-31(35)21-29(55-56(8,9)43(4,5)6)22-36-32(30)23-34(40(52)48(36)7)47-37-14-13-26(24-45-37)39(51)49-15-17-54-18-16-49;1-37(2,3)23-14-22-20-40-44(36(48)33(22)28(38)15-23)30-7-5-6-25-26(30)16-24(45)17-31-27(25)18-29(35(47)42(31)4)41-32-9-8-21(19-39-32)34(46)43-10-12-49-13-11-43/h10-14,19-20,23-25,29H,15-18,21-22H2,1-9H3,(H,45,47);5-9,14-15,18-20,24,45H,10-13,16-17H2,1-4H3,(H,39,41). The molecule has 22 nitrogen and oxygen atoms in total. The minimum Gasteiger partial charge on any atom is -0.413 e. The van der Waals surface area contributed by atoms with Crippen LogP contribution in [0.3, 0.4) is 0 Å². The summed E-state index contributed by atoms with van der Waals surface area (Å²) in [6.45, 7) is 27.0. The number of amides is 2. The van der Waals surface area contributed by atoms with Gasteiger partial charge in [0.15, 0.2) is 8.32 Å². The van der Waals surface area contributed by atoms with Crippen LogP contribution in [0.15, 0.2) is 141 Å². The normalized spacial score (nSPS) is 16.3. The van der Waals surface area contributed by atoms with E-state index in [1.807, 2.05) is 77.9 Å². The molecule has 0 spiro atoms. The molecular weight excluding hydrogens is 1360 g/mol. The predicted molar refractivity (Wildman–Crippen MR) is 405 cm³/mol. The summed E-state index contributed by atoms with van der Waals surface area (Å²) in [6, 6.07) is 27.8. The molecule has 2 aliphatic carbocycles. The van der Waals surface area contributed by atoms with E-state index in [0.717, 1.165) is 33.5 Å². The monoisotopic (exact) mass is 1440 g/mol. The molecule has 3 N–H and O–H groups in total. The third-order valence-corrected chi connectivity index (χ3v) is 25.5. The highest BCUT2D eigenvalue weighted by Gasteiger charge is 2.41. The van der Waals surface area contributed by atoms with Crippen molar-refractivity contribution < 1.29 is 37.4 Å². The maximum atomic E-state index is 15.8. The van der Waals surface area contributed by atoms with Crippen LogP contribution in [-0.4, -0.2) is 139 Å². The number of halogens is 2. The molecule has 4 aliphatic rings. The van der Waals surface area contributed by atoms with E-state index in [0.29, 0.717) is 138 Å². The largest absolute Gasteiger partial charge is 0.413 e. The van der Waals surface area contributed by atoms with Gasteiger partial charge in [-0.15, -0.1) is 0 Å². The summed E-state index contributed by atoms with van der Waals surface area (Å²) in [5.74, 6) is -0.668. The van der Waals surface area contributed by atoms with E-state index in [9.17, 15) is 33.9 Å². The lowest BCUT2D eigenvalue weighted by molar-refractivity contribution is 0.0301. The topological polar surface area (TPSA) is 252 Å². The van der Waals surface area contributed by atoms with Crippen LogP contribution in [0, 0.1) is 11.6 Å². The Hall–Kier alpha value is -10.2. The molecule has 6 aromatic heterocycles. The number of hydrogen-bond donors (Lipinski definition) is 3. The van der Waals surface area contributed by atoms with Crippen LogP contribution in [0.25, 0.3) is 55.2 Å². The summed E-state index contributed by atoms with van der Waals surface area (Å²) < 4.78 is 54.8. The Kier molecular flexibility index (Phi) is 19.8. The van der Waals surface area contributed by atoms with E-state index in [4.69, 9.17) is 13.9 Å². The van der Waals surface area contributed by atoms with E-state index >= 15 is 8.78 Å². The summed E-state index contributed by atoms with van der Waals surface area (Å²) in [5.41, 5.74) is 7.41. The van der Waals surface area contributed by atoms with Gasteiger partial charge in [0.1, 0.15) is 34.6 Å². The zero-order chi connectivity index (χ0) is 74.9. The highest BCUT2D eigenvalue weighted by molar-refractivity contribution is 6.74. The number of morpholine rings is 2. The second-order valence-electron chi connectivity index (χ2n) is 31.1. The number of anilines is 4. The van der Waals surface area contributed by atoms with Crippen molar-refractivity contribution in [2.45, 2.75) is 129 Å². The summed E-state index contributed by atoms with van der Waals surface area (Å²) in [5, 5.41) is 27.3. The van der Waals surface area contributed by atoms with Gasteiger partial charge < -0.3 is 48.6 Å². The molecule has 4 aromatic carbocycles. The maximum absolute atomic E-state index is 15.8. The van der Waals surface area contributed by atoms with Gasteiger partial charge in [0, 0.05) is 112 Å². The molecule has 2 unspecified atom stereocenters. The number of carbonyl (C=O) groups excluding carboxylic acids is 2. The molecule has 105 heavy (non-hydrogen) atoms. The highest BCUT2D eigenvalue weighted by atomic mass is 28.4. The SMILES string of the molecule is Cn1c2c(cc(Nc3ccc(C(=O)N4CCOCC4)cn3)c1=O)-c1cccc(-n3ncc4cc(C(C)(C)C)cc(F)c4c3=O)c1CC(O)C2.Cn1c2c(cc(Nc3ccc(C(=O)N4CCOCC4)cn3)c1=O)-c1cccc(-n3ncc4cc(C(C)(C)C)cc(F)c4c3=O)c1CC(O[Si](C)(C)C(C)(C)C)C2. The van der Waals surface area contributed by atoms with E-state index in [1.54, 1.807) is 83.2 Å². The number of rotatable bonds is 10. The van der Waals surface area contributed by atoms with Crippen molar-refractivity contribution in [1.29, 1.82) is 0 Å². The fraction of sp³-hybridized carbons (Fsp3) is 0.375. The summed E-state index contributed by atoms with van der Waals surface area (Å²) >= 11 is 0. The number of aromatic nitrogens is 8. The zero-order valence-corrected chi connectivity index (χ0v) is 62.5. The fourth-order valence-corrected chi connectivity index (χ4v) is 15.3. The molecule has 25 heteroatoms. The second kappa shape index (κ2) is 28.4. The van der Waals surface area contributed by atoms with Crippen molar-refractivity contribution in [3.63, 3.8) is 0 Å². The molecule has 2 fully saturated rings. The van der Waals surface area contributed by atoms with Gasteiger partial charge in [-0.1, -0.05) is 86.6 Å². The third kappa shape index (κ3) is 14.5. The lowest BCUT2D eigenvalue weighted by atomic mass is 9.86. The number of ether oxygens (including phenoxy) is 2. The van der Waals surface area contributed by atoms with Crippen molar-refractivity contribution in [2.24, 2.45) is 14.1 Å². The lowest BCUT2D eigenvalue weighted by Crippen LogP contribution is -2.45. The Morgan fingerprint density at radius 1 is 0.533 bits per heavy atom. The van der Waals surface area contributed by atoms with Gasteiger partial charge in [-0.3, -0.25) is 28.8 Å². The third-order valence-electron chi connectivity index (χ3n) is 21.0. The van der Waals surface area contributed by atoms with Crippen molar-refractivity contribution >= 4 is 64.7 Å². The molecule has 0 bridgehead atoms. The Bertz CT molecular complexity index is 5350. The minimum atomic E-state index is -2.32. The Labute approximate surface area is 607 Å². The molecular formula is C80H88F2N12O10Si. The summed E-state index contributed by atoms with van der Waals surface area (Å²) in [4.78, 5) is 93.9. The van der Waals surface area contributed by atoms with Gasteiger partial charge in [-0.05, 0) is 135 Å². The first-order valence-corrected chi connectivity index (χ1v) is 38.4. The Balaban J connectivity index is 0.000000188. The van der Waals surface area contributed by atoms with Crippen LogP contribution >= 0.6 is 0 Å². The van der Waals surface area contributed by atoms with Gasteiger partial charge in [0.2, 0.25) is 0 Å². The first kappa shape index (κ1) is 73.1. The number of aliphatic hydroxyl groups is 1. The summed E-state index contributed by atoms with van der Waals surface area (Å²) in [7, 11) is 1.08. The average Bonchev–Trinajstić information content (AvgIpc) is 1.74. The van der Waals surface area contributed by atoms with E-state index < -0.39 is 37.2 Å². The molecule has 8 heterocycles. The lowest BCUT2D eigenvalue weighted by Gasteiger charge is -2.39. The number of nitrogens with zero attached hydrogens (tertiary/aromatic N) is 10. The Morgan fingerprint density at radius 2 is 0.952 bits per heavy atom. The van der Waals surface area contributed by atoms with E-state index in [-0.39, 0.29) is 74.2 Å². The van der Waals surface area contributed by atoms with E-state index in [1.165, 1.54) is 44.7 Å². The van der Waals surface area contributed by atoms with Gasteiger partial charge in [0.25, 0.3) is 34.1 Å². The molecule has 2 saturated heterocycles. The van der Waals surface area contributed by atoms with Crippen molar-refractivity contribution in [1.82, 2.24) is 48.5 Å². The second-order valence-corrected chi connectivity index (χ2v) is 35.9. The molecule has 2 atom stereocenters. The highest BCUT2D eigenvalue weighted by Crippen LogP contribution is 2.43. The van der Waals surface area contributed by atoms with Crippen molar-refractivity contribution in [3.8, 4) is 33.6 Å². The number of aliphatic hydroxyl groups excluding tert-OH is 1. The number of nitrogens with one attached hydrogen (secondary N) is 2. The van der Waals surface area contributed by atoms with Crippen LogP contribution in [0.2, 0.25) is 18.1 Å². The average molecular weight is 1440 g/mol. The van der Waals surface area contributed by atoms with Crippen molar-refractivity contribution in [3.05, 3.63) is 220 Å². The number of benzene rings is 4. The molecule has 0 radical (unpaired) electrons. The van der Waals surface area contributed by atoms with Crippen LogP contribution in [-0.2, 0) is 64.5 Å². The molecule has 2 amide bonds. The number of hydrogen-bond acceptors (Lipinski definition) is 16. The molecule has 2 aliphatic heterocycles. The zero-order valence-electron chi connectivity index (χ0n) is 61.5. The number of pyridine rings is 4. The predicted octanol–water partition coefficient (Wildman–Crippen LogP) is 11.5. The van der Waals surface area contributed by atoms with Gasteiger partial charge in [0.05, 0.1) is 84.3 Å². The van der Waals surface area contributed by atoms with Crippen molar-refractivity contribution in [2.75, 3.05) is 63.2 Å².